The van der Waals surface area contributed by atoms with Crippen LogP contribution in [0.3, 0.4) is 0 Å². The third kappa shape index (κ3) is 2.48. The van der Waals surface area contributed by atoms with Crippen molar-refractivity contribution in [3.8, 4) is 0 Å². The van der Waals surface area contributed by atoms with Gasteiger partial charge in [-0.05, 0) is 13.3 Å². The van der Waals surface area contributed by atoms with Crippen LogP contribution in [0.15, 0.2) is 4.42 Å². The third-order valence-electron chi connectivity index (χ3n) is 2.35. The van der Waals surface area contributed by atoms with Gasteiger partial charge in [0.25, 0.3) is 0 Å². The van der Waals surface area contributed by atoms with Crippen LogP contribution in [0, 0.1) is 5.92 Å². The summed E-state index contributed by atoms with van der Waals surface area (Å²) < 4.78 is 10.2. The number of amides is 1. The minimum atomic E-state index is -0.0461. The van der Waals surface area contributed by atoms with Crippen LogP contribution in [-0.4, -0.2) is 28.8 Å². The zero-order valence-corrected chi connectivity index (χ0v) is 8.97. The second kappa shape index (κ2) is 4.48. The molecule has 1 fully saturated rings. The predicted octanol–water partition coefficient (Wildman–Crippen LogP) is -0.307. The molecule has 2 atom stereocenters. The second-order valence-corrected chi connectivity index (χ2v) is 3.59. The Morgan fingerprint density at radius 1 is 1.69 bits per heavy atom. The topological polar surface area (TPSA) is 103 Å². The van der Waals surface area contributed by atoms with Gasteiger partial charge < -0.3 is 20.2 Å². The highest BCUT2D eigenvalue weighted by Crippen LogP contribution is 2.33. The van der Waals surface area contributed by atoms with Gasteiger partial charge in [-0.15, -0.1) is 5.10 Å². The summed E-state index contributed by atoms with van der Waals surface area (Å²) in [5.74, 6) is 0.217. The summed E-state index contributed by atoms with van der Waals surface area (Å²) in [7, 11) is 0. The maximum atomic E-state index is 11.6. The van der Waals surface area contributed by atoms with Crippen molar-refractivity contribution in [2.75, 3.05) is 12.3 Å². The Hall–Kier alpha value is -1.63. The lowest BCUT2D eigenvalue weighted by Crippen LogP contribution is -2.26. The molecule has 0 aromatic carbocycles. The highest BCUT2D eigenvalue weighted by Gasteiger charge is 2.43. The normalized spacial score (nSPS) is 23.1. The van der Waals surface area contributed by atoms with Gasteiger partial charge in [-0.25, -0.2) is 0 Å². The van der Waals surface area contributed by atoms with Crippen molar-refractivity contribution < 1.29 is 13.9 Å². The molecule has 0 spiro atoms. The summed E-state index contributed by atoms with van der Waals surface area (Å²) in [5, 5.41) is 9.81. The van der Waals surface area contributed by atoms with Crippen LogP contribution in [-0.2, 0) is 16.1 Å². The van der Waals surface area contributed by atoms with Crippen molar-refractivity contribution in [2.45, 2.75) is 26.0 Å². The smallest absolute Gasteiger partial charge is 0.312 e. The first-order chi connectivity index (χ1) is 7.70. The van der Waals surface area contributed by atoms with E-state index in [1.807, 2.05) is 6.92 Å². The lowest BCUT2D eigenvalue weighted by Gasteiger charge is -2.01. The SMILES string of the molecule is CCOC1CC1C(=O)NCc1nnc(N)o1. The maximum absolute atomic E-state index is 11.6. The highest BCUT2D eigenvalue weighted by atomic mass is 16.5. The molecule has 1 saturated carbocycles. The van der Waals surface area contributed by atoms with Crippen LogP contribution < -0.4 is 11.1 Å². The van der Waals surface area contributed by atoms with Crippen LogP contribution in [0.4, 0.5) is 6.01 Å². The van der Waals surface area contributed by atoms with Crippen LogP contribution in [0.25, 0.3) is 0 Å². The second-order valence-electron chi connectivity index (χ2n) is 3.59. The minimum absolute atomic E-state index is 0.00265. The third-order valence-corrected chi connectivity index (χ3v) is 2.35. The number of anilines is 1. The first-order valence-corrected chi connectivity index (χ1v) is 5.18. The van der Waals surface area contributed by atoms with Crippen molar-refractivity contribution in [1.29, 1.82) is 0 Å². The van der Waals surface area contributed by atoms with E-state index in [-0.39, 0.29) is 30.5 Å². The van der Waals surface area contributed by atoms with Gasteiger partial charge in [-0.3, -0.25) is 4.79 Å². The van der Waals surface area contributed by atoms with E-state index in [0.717, 1.165) is 6.42 Å². The van der Waals surface area contributed by atoms with Gasteiger partial charge in [-0.2, -0.15) is 0 Å². The van der Waals surface area contributed by atoms with Crippen LogP contribution in [0.5, 0.6) is 0 Å². The van der Waals surface area contributed by atoms with Gasteiger partial charge in [0.2, 0.25) is 11.8 Å². The molecule has 2 unspecified atom stereocenters. The van der Waals surface area contributed by atoms with E-state index < -0.39 is 0 Å². The van der Waals surface area contributed by atoms with E-state index in [0.29, 0.717) is 12.5 Å². The van der Waals surface area contributed by atoms with Gasteiger partial charge in [0, 0.05) is 6.61 Å². The van der Waals surface area contributed by atoms with Crippen molar-refractivity contribution >= 4 is 11.9 Å². The van der Waals surface area contributed by atoms with Crippen LogP contribution in [0.2, 0.25) is 0 Å². The Morgan fingerprint density at radius 2 is 2.50 bits per heavy atom. The number of carbonyl (C=O) groups excluding carboxylic acids is 1. The molecule has 0 aliphatic heterocycles. The average molecular weight is 226 g/mol. The maximum Gasteiger partial charge on any atom is 0.312 e. The molecule has 88 valence electrons. The Labute approximate surface area is 92.3 Å². The standard InChI is InChI=1S/C9H14N4O3/c1-2-15-6-3-5(6)8(14)11-4-7-12-13-9(10)16-7/h5-6H,2-4H2,1H3,(H2,10,13)(H,11,14). The summed E-state index contributed by atoms with van der Waals surface area (Å²) in [4.78, 5) is 11.6. The number of nitrogen functional groups attached to an aromatic ring is 1. The molecule has 1 heterocycles. The number of carbonyl (C=O) groups is 1. The summed E-state index contributed by atoms with van der Waals surface area (Å²) in [6.45, 7) is 2.75. The molecule has 0 saturated heterocycles. The average Bonchev–Trinajstić information content (AvgIpc) is 2.90. The van der Waals surface area contributed by atoms with Crippen LogP contribution >= 0.6 is 0 Å². The van der Waals surface area contributed by atoms with Crippen molar-refractivity contribution in [3.63, 3.8) is 0 Å². The summed E-state index contributed by atoms with van der Waals surface area (Å²) in [5.41, 5.74) is 5.25. The zero-order valence-electron chi connectivity index (χ0n) is 8.97. The molecule has 0 radical (unpaired) electrons. The fourth-order valence-corrected chi connectivity index (χ4v) is 1.48. The number of aromatic nitrogens is 2. The molecule has 1 amide bonds. The molecule has 3 N–H and O–H groups in total. The van der Waals surface area contributed by atoms with E-state index in [9.17, 15) is 4.79 Å². The molecule has 7 nitrogen and oxygen atoms in total. The monoisotopic (exact) mass is 226 g/mol. The summed E-state index contributed by atoms with van der Waals surface area (Å²) in [6.07, 6.45) is 0.851. The molecule has 1 aliphatic rings. The minimum Gasteiger partial charge on any atom is -0.406 e. The fraction of sp³-hybridized carbons (Fsp3) is 0.667. The Balaban J connectivity index is 1.73. The number of hydrogen-bond donors (Lipinski definition) is 2. The number of nitrogens with one attached hydrogen (secondary N) is 1. The quantitative estimate of drug-likeness (QED) is 0.714. The lowest BCUT2D eigenvalue weighted by atomic mass is 10.4. The number of nitrogens with zero attached hydrogens (tertiary/aromatic N) is 2. The van der Waals surface area contributed by atoms with Crippen molar-refractivity contribution in [1.82, 2.24) is 15.5 Å². The number of ether oxygens (including phenoxy) is 1. The molecule has 2 rings (SSSR count). The largest absolute Gasteiger partial charge is 0.406 e. The van der Waals surface area contributed by atoms with Crippen LogP contribution in [0.1, 0.15) is 19.2 Å². The van der Waals surface area contributed by atoms with Gasteiger partial charge >= 0.3 is 6.01 Å². The molecule has 1 aromatic heterocycles. The number of rotatable bonds is 5. The lowest BCUT2D eigenvalue weighted by molar-refractivity contribution is -0.123. The van der Waals surface area contributed by atoms with E-state index >= 15 is 0 Å². The molecular weight excluding hydrogens is 212 g/mol. The predicted molar refractivity (Wildman–Crippen MR) is 54.1 cm³/mol. The molecule has 1 aromatic rings. The fourth-order valence-electron chi connectivity index (χ4n) is 1.48. The van der Waals surface area contributed by atoms with E-state index in [1.165, 1.54) is 0 Å². The zero-order chi connectivity index (χ0) is 11.5. The highest BCUT2D eigenvalue weighted by molar-refractivity contribution is 5.81. The Kier molecular flexibility index (Phi) is 3.04. The van der Waals surface area contributed by atoms with Crippen molar-refractivity contribution in [2.24, 2.45) is 5.92 Å². The Bertz CT molecular complexity index is 379. The molecule has 7 heteroatoms. The van der Waals surface area contributed by atoms with Gasteiger partial charge in [0.15, 0.2) is 0 Å². The number of nitrogens with two attached hydrogens (primary N) is 1. The van der Waals surface area contributed by atoms with Gasteiger partial charge in [-0.1, -0.05) is 5.10 Å². The van der Waals surface area contributed by atoms with Gasteiger partial charge in [0.1, 0.15) is 0 Å². The Morgan fingerprint density at radius 3 is 3.12 bits per heavy atom. The molecule has 0 bridgehead atoms. The van der Waals surface area contributed by atoms with Gasteiger partial charge in [0.05, 0.1) is 18.6 Å². The first-order valence-electron chi connectivity index (χ1n) is 5.18. The van der Waals surface area contributed by atoms with Crippen molar-refractivity contribution in [3.05, 3.63) is 5.89 Å². The molecular formula is C9H14N4O3. The summed E-state index contributed by atoms with van der Waals surface area (Å²) >= 11 is 0. The molecule has 16 heavy (non-hydrogen) atoms. The molecule has 1 aliphatic carbocycles. The van der Waals surface area contributed by atoms with E-state index in [1.54, 1.807) is 0 Å². The van der Waals surface area contributed by atoms with E-state index in [2.05, 4.69) is 15.5 Å². The summed E-state index contributed by atoms with van der Waals surface area (Å²) in [6, 6.07) is 0.00265. The van der Waals surface area contributed by atoms with E-state index in [4.69, 9.17) is 14.9 Å². The first kappa shape index (κ1) is 10.9. The number of hydrogen-bond acceptors (Lipinski definition) is 6.